The Balaban J connectivity index is 1.64. The maximum Gasteiger partial charge on any atom is 0.252 e. The van der Waals surface area contributed by atoms with Crippen LogP contribution in [0.1, 0.15) is 41.9 Å². The van der Waals surface area contributed by atoms with Gasteiger partial charge in [-0.2, -0.15) is 0 Å². The molecule has 0 saturated heterocycles. The molecule has 0 aromatic carbocycles. The van der Waals surface area contributed by atoms with Crippen LogP contribution >= 0.6 is 0 Å². The molecular weight excluding hydrogens is 268 g/mol. The fourth-order valence-corrected chi connectivity index (χ4v) is 2.95. The number of aliphatic hydroxyl groups is 1. The van der Waals surface area contributed by atoms with E-state index in [2.05, 4.69) is 15.5 Å². The molecule has 1 fully saturated rings. The van der Waals surface area contributed by atoms with E-state index in [0.717, 1.165) is 24.3 Å². The van der Waals surface area contributed by atoms with E-state index in [9.17, 15) is 9.90 Å². The predicted molar refractivity (Wildman–Crippen MR) is 78.0 cm³/mol. The fraction of sp³-hybridized carbons (Fsp3) is 0.533. The Morgan fingerprint density at radius 3 is 2.95 bits per heavy atom. The number of aliphatic hydroxyl groups excluding tert-OH is 1. The Hall–Kier alpha value is -1.95. The third-order valence-corrected chi connectivity index (χ3v) is 4.25. The molecule has 1 aliphatic carbocycles. The Morgan fingerprint density at radius 2 is 2.19 bits per heavy atom. The van der Waals surface area contributed by atoms with Gasteiger partial charge in [-0.25, -0.2) is 0 Å². The van der Waals surface area contributed by atoms with Crippen LogP contribution in [0.2, 0.25) is 0 Å². The Labute approximate surface area is 123 Å². The smallest absolute Gasteiger partial charge is 0.252 e. The van der Waals surface area contributed by atoms with E-state index >= 15 is 0 Å². The molecule has 6 nitrogen and oxygen atoms in total. The number of aromatic nitrogens is 3. The standard InChI is InChI=1S/C15H20N4O2/c1-10-17-18-14-7-6-12(9-19(10)14)15(21)16-8-13(20)11-4-2-3-5-11/h6-7,9,11,13,20H,2-5,8H2,1H3,(H,16,21). The zero-order valence-electron chi connectivity index (χ0n) is 12.1. The van der Waals surface area contributed by atoms with Gasteiger partial charge in [0.15, 0.2) is 5.65 Å². The number of nitrogens with zero attached hydrogens (tertiary/aromatic N) is 3. The van der Waals surface area contributed by atoms with Crippen molar-refractivity contribution in [1.82, 2.24) is 19.9 Å². The molecule has 1 atom stereocenters. The molecule has 3 rings (SSSR count). The van der Waals surface area contributed by atoms with Crippen LogP contribution in [0.5, 0.6) is 0 Å². The second-order valence-electron chi connectivity index (χ2n) is 5.72. The first kappa shape index (κ1) is 14.0. The van der Waals surface area contributed by atoms with Gasteiger partial charge in [0.1, 0.15) is 5.82 Å². The maximum absolute atomic E-state index is 12.2. The van der Waals surface area contributed by atoms with Crippen molar-refractivity contribution >= 4 is 11.6 Å². The lowest BCUT2D eigenvalue weighted by Gasteiger charge is -2.18. The van der Waals surface area contributed by atoms with Crippen molar-refractivity contribution in [3.63, 3.8) is 0 Å². The molecule has 2 aromatic heterocycles. The van der Waals surface area contributed by atoms with Gasteiger partial charge in [-0.15, -0.1) is 10.2 Å². The van der Waals surface area contributed by atoms with Crippen LogP contribution in [0, 0.1) is 12.8 Å². The molecule has 0 spiro atoms. The van der Waals surface area contributed by atoms with Crippen LogP contribution < -0.4 is 5.32 Å². The SMILES string of the molecule is Cc1nnc2ccc(C(=O)NCC(O)C3CCCC3)cn12. The summed E-state index contributed by atoms with van der Waals surface area (Å²) >= 11 is 0. The monoisotopic (exact) mass is 288 g/mol. The summed E-state index contributed by atoms with van der Waals surface area (Å²) < 4.78 is 1.78. The van der Waals surface area contributed by atoms with E-state index in [-0.39, 0.29) is 5.91 Å². The number of hydrogen-bond donors (Lipinski definition) is 2. The minimum absolute atomic E-state index is 0.179. The molecule has 1 aliphatic rings. The Kier molecular flexibility index (Phi) is 3.88. The number of fused-ring (bicyclic) bond motifs is 1. The van der Waals surface area contributed by atoms with E-state index in [1.54, 1.807) is 22.7 Å². The van der Waals surface area contributed by atoms with Crippen LogP contribution in [-0.4, -0.2) is 38.3 Å². The highest BCUT2D eigenvalue weighted by Gasteiger charge is 2.23. The summed E-state index contributed by atoms with van der Waals surface area (Å²) in [6.45, 7) is 2.15. The van der Waals surface area contributed by atoms with Gasteiger partial charge < -0.3 is 10.4 Å². The molecule has 6 heteroatoms. The number of rotatable bonds is 4. The quantitative estimate of drug-likeness (QED) is 0.889. The molecular formula is C15H20N4O2. The topological polar surface area (TPSA) is 79.5 Å². The highest BCUT2D eigenvalue weighted by molar-refractivity contribution is 5.94. The van der Waals surface area contributed by atoms with E-state index in [4.69, 9.17) is 0 Å². The van der Waals surface area contributed by atoms with Crippen molar-refractivity contribution in [3.8, 4) is 0 Å². The molecule has 21 heavy (non-hydrogen) atoms. The van der Waals surface area contributed by atoms with Gasteiger partial charge in [0.05, 0.1) is 11.7 Å². The molecule has 1 amide bonds. The number of pyridine rings is 1. The molecule has 1 unspecified atom stereocenters. The second-order valence-corrected chi connectivity index (χ2v) is 5.72. The van der Waals surface area contributed by atoms with Gasteiger partial charge in [0, 0.05) is 12.7 Å². The zero-order chi connectivity index (χ0) is 14.8. The third-order valence-electron chi connectivity index (χ3n) is 4.25. The van der Waals surface area contributed by atoms with E-state index < -0.39 is 6.10 Å². The van der Waals surface area contributed by atoms with Crippen LogP contribution in [0.3, 0.4) is 0 Å². The summed E-state index contributed by atoms with van der Waals surface area (Å²) in [5.41, 5.74) is 1.26. The molecule has 1 saturated carbocycles. The van der Waals surface area contributed by atoms with Gasteiger partial charge in [0.25, 0.3) is 5.91 Å². The first-order valence-electron chi connectivity index (χ1n) is 7.43. The van der Waals surface area contributed by atoms with Gasteiger partial charge in [-0.1, -0.05) is 12.8 Å². The van der Waals surface area contributed by atoms with Gasteiger partial charge in [-0.3, -0.25) is 9.20 Å². The number of amides is 1. The van der Waals surface area contributed by atoms with Crippen molar-refractivity contribution in [2.24, 2.45) is 5.92 Å². The van der Waals surface area contributed by atoms with Crippen LogP contribution in [-0.2, 0) is 0 Å². The van der Waals surface area contributed by atoms with Crippen LogP contribution in [0.15, 0.2) is 18.3 Å². The van der Waals surface area contributed by atoms with Crippen LogP contribution in [0.25, 0.3) is 5.65 Å². The van der Waals surface area contributed by atoms with Gasteiger partial charge in [0.2, 0.25) is 0 Å². The first-order valence-corrected chi connectivity index (χ1v) is 7.43. The average Bonchev–Trinajstić information content (AvgIpc) is 3.14. The number of nitrogens with one attached hydrogen (secondary N) is 1. The lowest BCUT2D eigenvalue weighted by atomic mass is 10.0. The summed E-state index contributed by atoms with van der Waals surface area (Å²) in [5.74, 6) is 0.889. The lowest BCUT2D eigenvalue weighted by molar-refractivity contribution is 0.0840. The molecule has 112 valence electrons. The number of carbonyl (C=O) groups is 1. The summed E-state index contributed by atoms with van der Waals surface area (Å²) in [7, 11) is 0. The molecule has 0 bridgehead atoms. The first-order chi connectivity index (χ1) is 10.1. The number of hydrogen-bond acceptors (Lipinski definition) is 4. The highest BCUT2D eigenvalue weighted by Crippen LogP contribution is 2.27. The van der Waals surface area contributed by atoms with Gasteiger partial charge in [-0.05, 0) is 37.8 Å². The highest BCUT2D eigenvalue weighted by atomic mass is 16.3. The van der Waals surface area contributed by atoms with E-state index in [1.807, 2.05) is 6.92 Å². The van der Waals surface area contributed by atoms with Gasteiger partial charge >= 0.3 is 0 Å². The largest absolute Gasteiger partial charge is 0.391 e. The summed E-state index contributed by atoms with van der Waals surface area (Å²) in [4.78, 5) is 12.2. The maximum atomic E-state index is 12.2. The molecule has 0 radical (unpaired) electrons. The van der Waals surface area contributed by atoms with E-state index in [0.29, 0.717) is 18.0 Å². The van der Waals surface area contributed by atoms with Crippen molar-refractivity contribution in [2.45, 2.75) is 38.7 Å². The second kappa shape index (κ2) is 5.81. The molecule has 2 aromatic rings. The number of aryl methyl sites for hydroxylation is 1. The van der Waals surface area contributed by atoms with Crippen molar-refractivity contribution in [3.05, 3.63) is 29.7 Å². The normalized spacial score (nSPS) is 17.2. The van der Waals surface area contributed by atoms with Crippen molar-refractivity contribution < 1.29 is 9.90 Å². The summed E-state index contributed by atoms with van der Waals surface area (Å²) in [6.07, 6.45) is 5.75. The lowest BCUT2D eigenvalue weighted by Crippen LogP contribution is -2.35. The summed E-state index contributed by atoms with van der Waals surface area (Å²) in [5, 5.41) is 20.8. The molecule has 2 heterocycles. The minimum atomic E-state index is -0.447. The third kappa shape index (κ3) is 2.90. The van der Waals surface area contributed by atoms with Crippen LogP contribution in [0.4, 0.5) is 0 Å². The van der Waals surface area contributed by atoms with E-state index in [1.165, 1.54) is 12.8 Å². The molecule has 2 N–H and O–H groups in total. The predicted octanol–water partition coefficient (Wildman–Crippen LogP) is 1.32. The average molecular weight is 288 g/mol. The van der Waals surface area contributed by atoms with Crippen molar-refractivity contribution in [1.29, 1.82) is 0 Å². The number of carbonyl (C=O) groups excluding carboxylic acids is 1. The van der Waals surface area contributed by atoms with Crippen molar-refractivity contribution in [2.75, 3.05) is 6.54 Å². The molecule has 0 aliphatic heterocycles. The summed E-state index contributed by atoms with van der Waals surface area (Å²) in [6, 6.07) is 3.49. The Morgan fingerprint density at radius 1 is 1.43 bits per heavy atom. The minimum Gasteiger partial charge on any atom is -0.391 e. The zero-order valence-corrected chi connectivity index (χ0v) is 12.1. The fourth-order valence-electron chi connectivity index (χ4n) is 2.95. The Bertz CT molecular complexity index is 646.